The van der Waals surface area contributed by atoms with E-state index in [1.165, 1.54) is 5.46 Å². The molecule has 0 saturated carbocycles. The minimum absolute atomic E-state index is 0.358. The fourth-order valence-electron chi connectivity index (χ4n) is 1.43. The molecule has 2 rings (SSSR count). The standard InChI is InChI=1S/C10H9BO/c11-9-5-6-10(12)8-4-2-1-3-7(8)9/h1-6,12H,11H2. The molecule has 0 spiro atoms. The Kier molecular flexibility index (Phi) is 1.54. The van der Waals surface area contributed by atoms with Gasteiger partial charge in [-0.25, -0.2) is 0 Å². The molecule has 1 nitrogen and oxygen atoms in total. The topological polar surface area (TPSA) is 20.2 Å². The fraction of sp³-hybridized carbons (Fsp3) is 0. The number of benzene rings is 2. The van der Waals surface area contributed by atoms with Gasteiger partial charge in [-0.1, -0.05) is 35.8 Å². The van der Waals surface area contributed by atoms with E-state index in [4.69, 9.17) is 0 Å². The average molecular weight is 156 g/mol. The van der Waals surface area contributed by atoms with Gasteiger partial charge in [-0.15, -0.1) is 0 Å². The second-order valence-electron chi connectivity index (χ2n) is 2.95. The Hall–Kier alpha value is -1.44. The summed E-state index contributed by atoms with van der Waals surface area (Å²) in [6, 6.07) is 11.5. The molecule has 0 aliphatic carbocycles. The van der Waals surface area contributed by atoms with Crippen LogP contribution >= 0.6 is 0 Å². The second kappa shape index (κ2) is 2.56. The summed E-state index contributed by atoms with van der Waals surface area (Å²) in [6.07, 6.45) is 0. The lowest BCUT2D eigenvalue weighted by Gasteiger charge is -2.02. The molecule has 0 saturated heterocycles. The van der Waals surface area contributed by atoms with E-state index in [-0.39, 0.29) is 0 Å². The van der Waals surface area contributed by atoms with Gasteiger partial charge in [0.05, 0.1) is 0 Å². The predicted octanol–water partition coefficient (Wildman–Crippen LogP) is 0.804. The van der Waals surface area contributed by atoms with Crippen LogP contribution in [0.25, 0.3) is 10.8 Å². The molecular formula is C10H9BO. The summed E-state index contributed by atoms with van der Waals surface area (Å²) in [5.74, 6) is 0.358. The molecule has 0 aliphatic heterocycles. The Labute approximate surface area is 72.1 Å². The van der Waals surface area contributed by atoms with Crippen molar-refractivity contribution < 1.29 is 5.11 Å². The predicted molar refractivity (Wildman–Crippen MR) is 53.8 cm³/mol. The maximum atomic E-state index is 9.50. The molecule has 0 aromatic heterocycles. The van der Waals surface area contributed by atoms with Crippen molar-refractivity contribution in [1.29, 1.82) is 0 Å². The van der Waals surface area contributed by atoms with E-state index in [0.717, 1.165) is 10.8 Å². The molecule has 0 unspecified atom stereocenters. The van der Waals surface area contributed by atoms with Crippen LogP contribution in [0.1, 0.15) is 0 Å². The highest BCUT2D eigenvalue weighted by Gasteiger charge is 1.99. The smallest absolute Gasteiger partial charge is 0.140 e. The SMILES string of the molecule is Bc1ccc(O)c2ccccc12. The third kappa shape index (κ3) is 0.963. The van der Waals surface area contributed by atoms with Gasteiger partial charge >= 0.3 is 0 Å². The summed E-state index contributed by atoms with van der Waals surface area (Å²) in [4.78, 5) is 0. The van der Waals surface area contributed by atoms with Crippen LogP contribution in [-0.4, -0.2) is 13.0 Å². The number of phenols is 1. The summed E-state index contributed by atoms with van der Waals surface area (Å²) in [6.45, 7) is 0. The summed E-state index contributed by atoms with van der Waals surface area (Å²) in [5, 5.41) is 11.5. The minimum Gasteiger partial charge on any atom is -0.507 e. The van der Waals surface area contributed by atoms with Gasteiger partial charge in [0, 0.05) is 5.39 Å². The zero-order valence-corrected chi connectivity index (χ0v) is 6.91. The molecule has 1 N–H and O–H groups in total. The summed E-state index contributed by atoms with van der Waals surface area (Å²) < 4.78 is 0. The number of phenolic OH excluding ortho intramolecular Hbond substituents is 1. The Balaban J connectivity index is 2.95. The van der Waals surface area contributed by atoms with E-state index in [0.29, 0.717) is 5.75 Å². The Bertz CT molecular complexity index is 383. The molecular weight excluding hydrogens is 147 g/mol. The Morgan fingerprint density at radius 3 is 2.25 bits per heavy atom. The van der Waals surface area contributed by atoms with Crippen LogP contribution in [0.2, 0.25) is 0 Å². The molecule has 0 heterocycles. The lowest BCUT2D eigenvalue weighted by molar-refractivity contribution is 0.482. The second-order valence-corrected chi connectivity index (χ2v) is 2.95. The van der Waals surface area contributed by atoms with Gasteiger partial charge < -0.3 is 5.11 Å². The monoisotopic (exact) mass is 156 g/mol. The third-order valence-electron chi connectivity index (χ3n) is 2.12. The van der Waals surface area contributed by atoms with Gasteiger partial charge in [-0.2, -0.15) is 0 Å². The number of hydrogen-bond donors (Lipinski definition) is 1. The lowest BCUT2D eigenvalue weighted by atomic mass is 9.90. The molecule has 0 amide bonds. The molecule has 58 valence electrons. The number of rotatable bonds is 0. The molecule has 0 aliphatic rings. The van der Waals surface area contributed by atoms with Crippen LogP contribution in [0.4, 0.5) is 0 Å². The van der Waals surface area contributed by atoms with E-state index < -0.39 is 0 Å². The first-order valence-corrected chi connectivity index (χ1v) is 3.96. The van der Waals surface area contributed by atoms with Crippen molar-refractivity contribution in [1.82, 2.24) is 0 Å². The largest absolute Gasteiger partial charge is 0.507 e. The summed E-state index contributed by atoms with van der Waals surface area (Å²) in [7, 11) is 2.04. The molecule has 0 atom stereocenters. The van der Waals surface area contributed by atoms with Gasteiger partial charge in [-0.05, 0) is 11.5 Å². The minimum atomic E-state index is 0.358. The van der Waals surface area contributed by atoms with Crippen LogP contribution in [-0.2, 0) is 0 Å². The van der Waals surface area contributed by atoms with Gasteiger partial charge in [0.2, 0.25) is 0 Å². The first-order chi connectivity index (χ1) is 5.79. The third-order valence-corrected chi connectivity index (χ3v) is 2.12. The molecule has 0 fully saturated rings. The normalized spacial score (nSPS) is 10.3. The Morgan fingerprint density at radius 2 is 1.58 bits per heavy atom. The number of hydrogen-bond acceptors (Lipinski definition) is 1. The van der Waals surface area contributed by atoms with Gasteiger partial charge in [0.25, 0.3) is 0 Å². The number of fused-ring (bicyclic) bond motifs is 1. The summed E-state index contributed by atoms with van der Waals surface area (Å²) >= 11 is 0. The van der Waals surface area contributed by atoms with Crippen molar-refractivity contribution in [3.63, 3.8) is 0 Å². The van der Waals surface area contributed by atoms with E-state index >= 15 is 0 Å². The zero-order valence-electron chi connectivity index (χ0n) is 6.91. The maximum Gasteiger partial charge on any atom is 0.140 e. The highest BCUT2D eigenvalue weighted by Crippen LogP contribution is 2.21. The molecule has 12 heavy (non-hydrogen) atoms. The summed E-state index contributed by atoms with van der Waals surface area (Å²) in [5.41, 5.74) is 1.20. The van der Waals surface area contributed by atoms with E-state index in [1.54, 1.807) is 6.07 Å². The fourth-order valence-corrected chi connectivity index (χ4v) is 1.43. The van der Waals surface area contributed by atoms with Crippen LogP contribution in [0.3, 0.4) is 0 Å². The van der Waals surface area contributed by atoms with Crippen molar-refractivity contribution in [2.24, 2.45) is 0 Å². The number of aromatic hydroxyl groups is 1. The van der Waals surface area contributed by atoms with Crippen molar-refractivity contribution in [3.05, 3.63) is 36.4 Å². The zero-order chi connectivity index (χ0) is 8.55. The lowest BCUT2D eigenvalue weighted by Crippen LogP contribution is -2.02. The maximum absolute atomic E-state index is 9.50. The van der Waals surface area contributed by atoms with E-state index in [1.807, 2.05) is 38.2 Å². The molecule has 2 heteroatoms. The van der Waals surface area contributed by atoms with Gasteiger partial charge in [0.1, 0.15) is 13.6 Å². The van der Waals surface area contributed by atoms with Crippen molar-refractivity contribution >= 4 is 24.1 Å². The molecule has 2 aromatic carbocycles. The highest BCUT2D eigenvalue weighted by molar-refractivity contribution is 6.39. The Morgan fingerprint density at radius 1 is 0.917 bits per heavy atom. The highest BCUT2D eigenvalue weighted by atomic mass is 16.3. The van der Waals surface area contributed by atoms with Crippen LogP contribution in [0, 0.1) is 0 Å². The first kappa shape index (κ1) is 7.23. The average Bonchev–Trinajstić information content (AvgIpc) is 2.12. The van der Waals surface area contributed by atoms with Gasteiger partial charge in [0.15, 0.2) is 0 Å². The molecule has 0 bridgehead atoms. The molecule has 2 aromatic rings. The van der Waals surface area contributed by atoms with Crippen molar-refractivity contribution in [3.8, 4) is 5.75 Å². The van der Waals surface area contributed by atoms with E-state index in [2.05, 4.69) is 0 Å². The first-order valence-electron chi connectivity index (χ1n) is 3.96. The van der Waals surface area contributed by atoms with Crippen LogP contribution in [0.15, 0.2) is 36.4 Å². The quantitative estimate of drug-likeness (QED) is 0.559. The van der Waals surface area contributed by atoms with Gasteiger partial charge in [-0.3, -0.25) is 0 Å². The van der Waals surface area contributed by atoms with Crippen molar-refractivity contribution in [2.45, 2.75) is 0 Å². The van der Waals surface area contributed by atoms with E-state index in [9.17, 15) is 5.11 Å². The molecule has 0 radical (unpaired) electrons. The van der Waals surface area contributed by atoms with Crippen LogP contribution in [0.5, 0.6) is 5.75 Å². The van der Waals surface area contributed by atoms with Crippen LogP contribution < -0.4 is 5.46 Å². The van der Waals surface area contributed by atoms with Crippen molar-refractivity contribution in [2.75, 3.05) is 0 Å².